The minimum Gasteiger partial charge on any atom is -0.352 e. The summed E-state index contributed by atoms with van der Waals surface area (Å²) in [6.07, 6.45) is 0. The summed E-state index contributed by atoms with van der Waals surface area (Å²) < 4.78 is 0. The van der Waals surface area contributed by atoms with E-state index >= 15 is 0 Å². The number of para-hydroxylation sites is 2. The molecular weight excluding hydrogens is 258 g/mol. The van der Waals surface area contributed by atoms with Crippen LogP contribution in [0.4, 0.5) is 11.4 Å². The molecular formula is C9H5Cl3N2O. The first kappa shape index (κ1) is 10.7. The summed E-state index contributed by atoms with van der Waals surface area (Å²) in [4.78, 5) is 13.5. The number of nitrogens with one attached hydrogen (secondary N) is 1. The van der Waals surface area contributed by atoms with Gasteiger partial charge < -0.3 is 5.32 Å². The SMILES string of the molecule is O=C(Cl)C1(Cl)Nc2ccccc2N=C1Cl. The molecule has 1 aliphatic heterocycles. The predicted molar refractivity (Wildman–Crippen MR) is 62.5 cm³/mol. The lowest BCUT2D eigenvalue weighted by Gasteiger charge is -2.28. The third kappa shape index (κ3) is 1.71. The fourth-order valence-corrected chi connectivity index (χ4v) is 1.78. The van der Waals surface area contributed by atoms with Crippen LogP contribution in [0.5, 0.6) is 0 Å². The van der Waals surface area contributed by atoms with Gasteiger partial charge in [0.2, 0.25) is 5.00 Å². The van der Waals surface area contributed by atoms with Gasteiger partial charge in [-0.05, 0) is 23.7 Å². The fraction of sp³-hybridized carbons (Fsp3) is 0.111. The number of benzene rings is 1. The summed E-state index contributed by atoms with van der Waals surface area (Å²) in [7, 11) is 0. The molecule has 2 rings (SSSR count). The van der Waals surface area contributed by atoms with Crippen LogP contribution in [0.1, 0.15) is 0 Å². The molecule has 1 atom stereocenters. The molecule has 0 aliphatic carbocycles. The molecule has 1 N–H and O–H groups in total. The summed E-state index contributed by atoms with van der Waals surface area (Å²) in [5, 5.41) is 1.85. The summed E-state index contributed by atoms with van der Waals surface area (Å²) in [6.45, 7) is 0. The summed E-state index contributed by atoms with van der Waals surface area (Å²) in [5.41, 5.74) is 1.24. The Labute approximate surface area is 101 Å². The second kappa shape index (κ2) is 3.67. The van der Waals surface area contributed by atoms with E-state index in [0.717, 1.165) is 0 Å². The predicted octanol–water partition coefficient (Wildman–Crippen LogP) is 3.08. The molecule has 1 heterocycles. The molecule has 0 bridgehead atoms. The van der Waals surface area contributed by atoms with Gasteiger partial charge >= 0.3 is 0 Å². The number of aliphatic imine (C=N–C) groups is 1. The number of rotatable bonds is 1. The number of carbonyl (C=O) groups is 1. The third-order valence-electron chi connectivity index (χ3n) is 1.98. The smallest absolute Gasteiger partial charge is 0.269 e. The highest BCUT2D eigenvalue weighted by Crippen LogP contribution is 2.37. The molecule has 0 saturated carbocycles. The number of hydrogen-bond acceptors (Lipinski definition) is 3. The van der Waals surface area contributed by atoms with Gasteiger partial charge in [-0.15, -0.1) is 0 Å². The number of carbonyl (C=O) groups excluding carboxylic acids is 1. The van der Waals surface area contributed by atoms with Crippen molar-refractivity contribution < 1.29 is 4.79 Å². The van der Waals surface area contributed by atoms with Crippen molar-refractivity contribution >= 4 is 56.6 Å². The lowest BCUT2D eigenvalue weighted by atomic mass is 10.2. The van der Waals surface area contributed by atoms with Gasteiger partial charge in [0.05, 0.1) is 11.4 Å². The van der Waals surface area contributed by atoms with Crippen LogP contribution in [0.3, 0.4) is 0 Å². The van der Waals surface area contributed by atoms with Crippen LogP contribution < -0.4 is 5.32 Å². The maximum Gasteiger partial charge on any atom is 0.269 e. The van der Waals surface area contributed by atoms with Crippen LogP contribution in [-0.2, 0) is 4.79 Å². The van der Waals surface area contributed by atoms with Gasteiger partial charge in [0.15, 0.2) is 5.17 Å². The van der Waals surface area contributed by atoms with E-state index in [4.69, 9.17) is 34.8 Å². The molecule has 1 aliphatic rings. The van der Waals surface area contributed by atoms with Crippen LogP contribution in [0.15, 0.2) is 29.3 Å². The monoisotopic (exact) mass is 262 g/mol. The van der Waals surface area contributed by atoms with Crippen molar-refractivity contribution in [1.29, 1.82) is 0 Å². The van der Waals surface area contributed by atoms with E-state index in [1.807, 2.05) is 0 Å². The maximum atomic E-state index is 11.1. The Hall–Kier alpha value is -0.770. The highest BCUT2D eigenvalue weighted by molar-refractivity contribution is 6.84. The number of nitrogens with zero attached hydrogens (tertiary/aromatic N) is 1. The molecule has 0 radical (unpaired) electrons. The third-order valence-corrected chi connectivity index (χ3v) is 3.27. The number of hydrogen-bond donors (Lipinski definition) is 1. The average Bonchev–Trinajstić information content (AvgIpc) is 2.19. The van der Waals surface area contributed by atoms with Crippen LogP contribution in [0, 0.1) is 0 Å². The van der Waals surface area contributed by atoms with E-state index in [1.165, 1.54) is 0 Å². The molecule has 0 saturated heterocycles. The molecule has 6 heteroatoms. The van der Waals surface area contributed by atoms with Crippen molar-refractivity contribution in [1.82, 2.24) is 0 Å². The van der Waals surface area contributed by atoms with Crippen LogP contribution in [0.25, 0.3) is 0 Å². The van der Waals surface area contributed by atoms with Crippen molar-refractivity contribution in [2.24, 2.45) is 4.99 Å². The number of halogens is 3. The first-order valence-electron chi connectivity index (χ1n) is 4.05. The summed E-state index contributed by atoms with van der Waals surface area (Å²) in [5.74, 6) is 0. The van der Waals surface area contributed by atoms with Crippen molar-refractivity contribution in [3.05, 3.63) is 24.3 Å². The second-order valence-electron chi connectivity index (χ2n) is 2.98. The molecule has 0 amide bonds. The van der Waals surface area contributed by atoms with Gasteiger partial charge in [0, 0.05) is 0 Å². The molecule has 15 heavy (non-hydrogen) atoms. The van der Waals surface area contributed by atoms with E-state index in [9.17, 15) is 4.79 Å². The van der Waals surface area contributed by atoms with Crippen LogP contribution >= 0.6 is 34.8 Å². The minimum absolute atomic E-state index is 0.0807. The first-order chi connectivity index (χ1) is 7.04. The van der Waals surface area contributed by atoms with E-state index in [-0.39, 0.29) is 5.17 Å². The lowest BCUT2D eigenvalue weighted by Crippen LogP contribution is -2.45. The van der Waals surface area contributed by atoms with Gasteiger partial charge in [-0.2, -0.15) is 0 Å². The molecule has 78 valence electrons. The normalized spacial score (nSPS) is 23.8. The van der Waals surface area contributed by atoms with E-state index in [1.54, 1.807) is 24.3 Å². The van der Waals surface area contributed by atoms with Gasteiger partial charge in [0.25, 0.3) is 5.24 Å². The topological polar surface area (TPSA) is 41.5 Å². The second-order valence-corrected chi connectivity index (χ2v) is 4.25. The van der Waals surface area contributed by atoms with Crippen molar-refractivity contribution in [3.8, 4) is 0 Å². The Balaban J connectivity index is 2.53. The van der Waals surface area contributed by atoms with Crippen LogP contribution in [-0.4, -0.2) is 15.4 Å². The van der Waals surface area contributed by atoms with E-state index in [2.05, 4.69) is 10.3 Å². The highest BCUT2D eigenvalue weighted by atomic mass is 35.5. The fourth-order valence-electron chi connectivity index (χ4n) is 1.23. The number of fused-ring (bicyclic) bond motifs is 1. The van der Waals surface area contributed by atoms with Crippen LogP contribution in [0.2, 0.25) is 0 Å². The Morgan fingerprint density at radius 2 is 2.07 bits per heavy atom. The summed E-state index contributed by atoms with van der Waals surface area (Å²) >= 11 is 17.1. The number of anilines is 1. The molecule has 0 fully saturated rings. The first-order valence-corrected chi connectivity index (χ1v) is 5.18. The zero-order valence-electron chi connectivity index (χ0n) is 7.30. The molecule has 0 aromatic heterocycles. The molecule has 1 aromatic carbocycles. The standard InChI is InChI=1S/C9H5Cl3N2O/c10-7-9(12,8(11)15)14-6-4-2-1-3-5(6)13-7/h1-4,14H. The number of alkyl halides is 1. The quantitative estimate of drug-likeness (QED) is 0.480. The Bertz CT molecular complexity index is 460. The Morgan fingerprint density at radius 3 is 2.73 bits per heavy atom. The zero-order valence-corrected chi connectivity index (χ0v) is 9.57. The van der Waals surface area contributed by atoms with E-state index in [0.29, 0.717) is 11.4 Å². The van der Waals surface area contributed by atoms with Crippen molar-refractivity contribution in [3.63, 3.8) is 0 Å². The van der Waals surface area contributed by atoms with Crippen molar-refractivity contribution in [2.75, 3.05) is 5.32 Å². The zero-order chi connectivity index (χ0) is 11.1. The minimum atomic E-state index is -1.66. The molecule has 1 aromatic rings. The average molecular weight is 264 g/mol. The lowest BCUT2D eigenvalue weighted by molar-refractivity contribution is -0.112. The van der Waals surface area contributed by atoms with Gasteiger partial charge in [0.1, 0.15) is 0 Å². The molecule has 0 spiro atoms. The van der Waals surface area contributed by atoms with Gasteiger partial charge in [-0.3, -0.25) is 4.79 Å². The van der Waals surface area contributed by atoms with Crippen molar-refractivity contribution in [2.45, 2.75) is 5.00 Å². The Morgan fingerprint density at radius 1 is 1.40 bits per heavy atom. The maximum absolute atomic E-state index is 11.1. The van der Waals surface area contributed by atoms with E-state index < -0.39 is 10.2 Å². The molecule has 3 nitrogen and oxygen atoms in total. The summed E-state index contributed by atoms with van der Waals surface area (Å²) in [6, 6.07) is 7.08. The Kier molecular flexibility index (Phi) is 2.63. The largest absolute Gasteiger partial charge is 0.352 e. The molecule has 1 unspecified atom stereocenters. The van der Waals surface area contributed by atoms with Gasteiger partial charge in [-0.25, -0.2) is 4.99 Å². The van der Waals surface area contributed by atoms with Gasteiger partial charge in [-0.1, -0.05) is 35.3 Å². The highest BCUT2D eigenvalue weighted by Gasteiger charge is 2.42.